The zero-order chi connectivity index (χ0) is 21.8. The van der Waals surface area contributed by atoms with Gasteiger partial charge in [0, 0.05) is 30.8 Å². The zero-order valence-corrected chi connectivity index (χ0v) is 16.2. The molecule has 0 radical (unpaired) electrons. The van der Waals surface area contributed by atoms with Gasteiger partial charge in [-0.15, -0.1) is 0 Å². The number of allylic oxidation sites excluding steroid dienone is 1. The Morgan fingerprint density at radius 2 is 2.10 bits per heavy atom. The highest BCUT2D eigenvalue weighted by Gasteiger charge is 2.48. The largest absolute Gasteiger partial charge is 0.490 e. The molecule has 0 aromatic carbocycles. The summed E-state index contributed by atoms with van der Waals surface area (Å²) in [6.45, 7) is 2.04. The summed E-state index contributed by atoms with van der Waals surface area (Å²) in [7, 11) is 0. The molecule has 2 atom stereocenters. The highest BCUT2D eigenvalue weighted by Crippen LogP contribution is 2.37. The maximum Gasteiger partial charge on any atom is 0.490 e. The first kappa shape index (κ1) is 22.1. The van der Waals surface area contributed by atoms with Gasteiger partial charge in [-0.3, -0.25) is 4.79 Å². The summed E-state index contributed by atoms with van der Waals surface area (Å²) in [4.78, 5) is 27.6. The number of rotatable bonds is 3. The molecule has 1 spiro atoms. The number of amides is 1. The molecule has 1 aliphatic carbocycles. The molecule has 1 amide bonds. The third kappa shape index (κ3) is 5.50. The van der Waals surface area contributed by atoms with E-state index in [-0.39, 0.29) is 17.6 Å². The molecule has 4 rings (SSSR count). The minimum Gasteiger partial charge on any atom is -0.475 e. The van der Waals surface area contributed by atoms with Crippen LogP contribution >= 0.6 is 0 Å². The molecule has 0 saturated carbocycles. The number of hydrogen-bond donors (Lipinski definition) is 1. The average molecular weight is 428 g/mol. The van der Waals surface area contributed by atoms with Crippen LogP contribution in [0.5, 0.6) is 5.88 Å². The highest BCUT2D eigenvalue weighted by atomic mass is 19.4. The van der Waals surface area contributed by atoms with Crippen molar-refractivity contribution in [2.24, 2.45) is 0 Å². The zero-order valence-electron chi connectivity index (χ0n) is 16.2. The number of carboxylic acids is 1. The quantitative estimate of drug-likeness (QED) is 0.796. The fraction of sp³-hybridized carbons (Fsp3) is 0.550. The third-order valence-corrected chi connectivity index (χ3v) is 5.26. The van der Waals surface area contributed by atoms with Crippen molar-refractivity contribution < 1.29 is 37.3 Å². The molecule has 7 nitrogen and oxygen atoms in total. The summed E-state index contributed by atoms with van der Waals surface area (Å²) in [5, 5.41) is 7.12. The van der Waals surface area contributed by atoms with E-state index < -0.39 is 12.1 Å². The van der Waals surface area contributed by atoms with E-state index in [9.17, 15) is 18.0 Å². The maximum absolute atomic E-state index is 12.5. The number of aliphatic carboxylic acids is 1. The van der Waals surface area contributed by atoms with E-state index in [0.29, 0.717) is 19.0 Å². The summed E-state index contributed by atoms with van der Waals surface area (Å²) in [6, 6.07) is 5.65. The molecule has 3 aliphatic rings. The molecule has 10 heteroatoms. The van der Waals surface area contributed by atoms with Crippen LogP contribution in [0.4, 0.5) is 13.2 Å². The van der Waals surface area contributed by atoms with Crippen molar-refractivity contribution in [1.29, 1.82) is 0 Å². The number of ether oxygens (including phenoxy) is 2. The maximum atomic E-state index is 12.5. The first-order valence-corrected chi connectivity index (χ1v) is 9.69. The second kappa shape index (κ2) is 9.03. The Bertz CT molecular complexity index is 799. The van der Waals surface area contributed by atoms with Gasteiger partial charge in [0.25, 0.3) is 0 Å². The predicted molar refractivity (Wildman–Crippen MR) is 98.8 cm³/mol. The number of hydrogen-bond acceptors (Lipinski definition) is 5. The molecule has 0 unspecified atom stereocenters. The van der Waals surface area contributed by atoms with Gasteiger partial charge < -0.3 is 19.5 Å². The number of carbonyl (C=O) groups excluding carboxylic acids is 1. The number of carboxylic acid groups (broad SMARTS) is 1. The van der Waals surface area contributed by atoms with Crippen LogP contribution in [0.2, 0.25) is 0 Å². The Kier molecular flexibility index (Phi) is 6.64. The molecule has 1 aromatic heterocycles. The molecule has 164 valence electrons. The van der Waals surface area contributed by atoms with Crippen LogP contribution < -0.4 is 4.74 Å². The molecular weight excluding hydrogens is 405 g/mol. The topological polar surface area (TPSA) is 89.0 Å². The van der Waals surface area contributed by atoms with E-state index in [2.05, 4.69) is 11.1 Å². The van der Waals surface area contributed by atoms with Crippen molar-refractivity contribution >= 4 is 11.9 Å². The molecule has 3 heterocycles. The molecule has 0 bridgehead atoms. The Morgan fingerprint density at radius 1 is 1.33 bits per heavy atom. The van der Waals surface area contributed by atoms with Crippen LogP contribution in [0.1, 0.15) is 32.1 Å². The Labute approximate surface area is 171 Å². The molecule has 2 fully saturated rings. The van der Waals surface area contributed by atoms with E-state index >= 15 is 0 Å². The van der Waals surface area contributed by atoms with Crippen molar-refractivity contribution in [1.82, 2.24) is 9.88 Å². The normalized spacial score (nSPS) is 25.6. The van der Waals surface area contributed by atoms with Crippen LogP contribution in [0, 0.1) is 0 Å². The standard InChI is InChI=1S/C18H22N2O3.C2HF3O2/c21-17(14-5-1-2-6-14)20-10-8-18(13-20)11-15(12-22-18)23-16-7-3-4-9-19-16;3-2(4,5)1(6)7/h3-5,7,9,15H,1-2,6,8,10-13H2;(H,6,7)/t15-,18+;/m1./s1. The van der Waals surface area contributed by atoms with Crippen LogP contribution in [0.3, 0.4) is 0 Å². The molecule has 2 saturated heterocycles. The first-order chi connectivity index (χ1) is 14.2. The van der Waals surface area contributed by atoms with Gasteiger partial charge in [-0.25, -0.2) is 9.78 Å². The average Bonchev–Trinajstić information content (AvgIpc) is 3.45. The predicted octanol–water partition coefficient (Wildman–Crippen LogP) is 2.96. The minimum absolute atomic E-state index is 0.0191. The van der Waals surface area contributed by atoms with Gasteiger partial charge in [-0.2, -0.15) is 13.2 Å². The van der Waals surface area contributed by atoms with Crippen molar-refractivity contribution in [2.75, 3.05) is 19.7 Å². The van der Waals surface area contributed by atoms with Gasteiger partial charge in [0.1, 0.15) is 6.10 Å². The van der Waals surface area contributed by atoms with E-state index in [0.717, 1.165) is 44.2 Å². The van der Waals surface area contributed by atoms with Crippen molar-refractivity contribution in [3.05, 3.63) is 36.0 Å². The first-order valence-electron chi connectivity index (χ1n) is 9.69. The lowest BCUT2D eigenvalue weighted by Gasteiger charge is -2.23. The molecule has 2 aliphatic heterocycles. The van der Waals surface area contributed by atoms with E-state index in [4.69, 9.17) is 19.4 Å². The third-order valence-electron chi connectivity index (χ3n) is 5.26. The monoisotopic (exact) mass is 428 g/mol. The van der Waals surface area contributed by atoms with Crippen LogP contribution in [-0.2, 0) is 14.3 Å². The van der Waals surface area contributed by atoms with Gasteiger partial charge in [0.2, 0.25) is 11.8 Å². The number of nitrogens with zero attached hydrogens (tertiary/aromatic N) is 2. The Balaban J connectivity index is 0.000000318. The number of likely N-dealkylation sites (tertiary alicyclic amines) is 1. The summed E-state index contributed by atoms with van der Waals surface area (Å²) in [6.07, 6.45) is 3.55. The lowest BCUT2D eigenvalue weighted by Crippen LogP contribution is -2.36. The van der Waals surface area contributed by atoms with Crippen LogP contribution in [-0.4, -0.2) is 64.4 Å². The molecule has 1 N–H and O–H groups in total. The van der Waals surface area contributed by atoms with Crippen LogP contribution in [0.25, 0.3) is 0 Å². The van der Waals surface area contributed by atoms with E-state index in [1.165, 1.54) is 0 Å². The van der Waals surface area contributed by atoms with Crippen molar-refractivity contribution in [3.63, 3.8) is 0 Å². The molecular formula is C20H23F3N2O5. The number of alkyl halides is 3. The van der Waals surface area contributed by atoms with Gasteiger partial charge >= 0.3 is 12.1 Å². The summed E-state index contributed by atoms with van der Waals surface area (Å²) >= 11 is 0. The van der Waals surface area contributed by atoms with E-state index in [1.54, 1.807) is 6.20 Å². The van der Waals surface area contributed by atoms with Crippen LogP contribution in [0.15, 0.2) is 36.0 Å². The Hall–Kier alpha value is -2.62. The van der Waals surface area contributed by atoms with Crippen molar-refractivity contribution in [3.8, 4) is 5.88 Å². The Morgan fingerprint density at radius 3 is 2.70 bits per heavy atom. The fourth-order valence-electron chi connectivity index (χ4n) is 3.84. The SMILES string of the molecule is O=C(C1=CCCC1)N1CC[C@]2(C[C@@H](Oc3ccccn3)CO2)C1.O=C(O)C(F)(F)F. The number of pyridine rings is 1. The minimum atomic E-state index is -5.08. The molecule has 1 aromatic rings. The second-order valence-electron chi connectivity index (χ2n) is 7.51. The lowest BCUT2D eigenvalue weighted by atomic mass is 9.98. The van der Waals surface area contributed by atoms with Gasteiger partial charge in [-0.05, 0) is 31.7 Å². The number of carbonyl (C=O) groups is 2. The summed E-state index contributed by atoms with van der Waals surface area (Å²) < 4.78 is 43.7. The summed E-state index contributed by atoms with van der Waals surface area (Å²) in [5.74, 6) is -1.91. The highest BCUT2D eigenvalue weighted by molar-refractivity contribution is 5.94. The number of aromatic nitrogens is 1. The number of halogens is 3. The lowest BCUT2D eigenvalue weighted by molar-refractivity contribution is -0.192. The summed E-state index contributed by atoms with van der Waals surface area (Å²) in [5.41, 5.74) is 0.759. The van der Waals surface area contributed by atoms with Gasteiger partial charge in [0.15, 0.2) is 0 Å². The van der Waals surface area contributed by atoms with Crippen molar-refractivity contribution in [2.45, 2.75) is 50.0 Å². The fourth-order valence-corrected chi connectivity index (χ4v) is 3.84. The van der Waals surface area contributed by atoms with E-state index in [1.807, 2.05) is 23.1 Å². The van der Waals surface area contributed by atoms with Gasteiger partial charge in [-0.1, -0.05) is 12.1 Å². The van der Waals surface area contributed by atoms with Gasteiger partial charge in [0.05, 0.1) is 18.8 Å². The second-order valence-corrected chi connectivity index (χ2v) is 7.51. The molecule has 30 heavy (non-hydrogen) atoms. The smallest absolute Gasteiger partial charge is 0.475 e.